The average molecular weight is 260 g/mol. The van der Waals surface area contributed by atoms with Crippen molar-refractivity contribution in [1.29, 1.82) is 0 Å². The minimum absolute atomic E-state index is 0.0107. The first-order chi connectivity index (χ1) is 8.99. The molecule has 19 heavy (non-hydrogen) atoms. The molecule has 0 radical (unpaired) electrons. The first kappa shape index (κ1) is 13.1. The van der Waals surface area contributed by atoms with E-state index in [2.05, 4.69) is 5.16 Å². The molecule has 2 rings (SSSR count). The van der Waals surface area contributed by atoms with Gasteiger partial charge in [-0.2, -0.15) is 0 Å². The molecule has 2 aromatic rings. The Morgan fingerprint density at radius 1 is 1.37 bits per heavy atom. The Kier molecular flexibility index (Phi) is 3.55. The number of nitrogens with zero attached hydrogens (tertiary/aromatic N) is 1. The number of ether oxygens (including phenoxy) is 1. The summed E-state index contributed by atoms with van der Waals surface area (Å²) in [7, 11) is 0. The van der Waals surface area contributed by atoms with Gasteiger partial charge in [0.1, 0.15) is 12.2 Å². The highest BCUT2D eigenvalue weighted by Gasteiger charge is 2.20. The molecule has 0 aliphatic rings. The maximum absolute atomic E-state index is 11.9. The van der Waals surface area contributed by atoms with Crippen molar-refractivity contribution in [3.63, 3.8) is 0 Å². The lowest BCUT2D eigenvalue weighted by Crippen LogP contribution is -2.08. The molecule has 0 bridgehead atoms. The molecule has 1 heterocycles. The topological polar surface area (TPSA) is 78.3 Å². The zero-order valence-corrected chi connectivity index (χ0v) is 11.2. The van der Waals surface area contributed by atoms with Crippen LogP contribution in [0.5, 0.6) is 0 Å². The minimum atomic E-state index is -0.517. The molecule has 0 fully saturated rings. The van der Waals surface area contributed by atoms with E-state index < -0.39 is 5.97 Å². The van der Waals surface area contributed by atoms with Crippen LogP contribution in [-0.4, -0.2) is 11.1 Å². The highest BCUT2D eigenvalue weighted by Crippen LogP contribution is 2.18. The quantitative estimate of drug-likeness (QED) is 0.858. The number of aryl methyl sites for hydroxylation is 3. The predicted molar refractivity (Wildman–Crippen MR) is 70.7 cm³/mol. The number of aromatic nitrogens is 1. The highest BCUT2D eigenvalue weighted by molar-refractivity contribution is 5.94. The van der Waals surface area contributed by atoms with Crippen LogP contribution in [0.25, 0.3) is 0 Å². The monoisotopic (exact) mass is 260 g/mol. The summed E-state index contributed by atoms with van der Waals surface area (Å²) in [5.74, 6) is -0.527. The van der Waals surface area contributed by atoms with E-state index in [1.54, 1.807) is 6.92 Å². The second-order valence-corrected chi connectivity index (χ2v) is 4.51. The molecule has 0 amide bonds. The van der Waals surface area contributed by atoms with Gasteiger partial charge in [0.2, 0.25) is 5.88 Å². The zero-order valence-electron chi connectivity index (χ0n) is 11.2. The molecular formula is C14H16N2O3. The van der Waals surface area contributed by atoms with Gasteiger partial charge in [-0.25, -0.2) is 4.79 Å². The lowest BCUT2D eigenvalue weighted by atomic mass is 10.1. The summed E-state index contributed by atoms with van der Waals surface area (Å²) >= 11 is 0. The van der Waals surface area contributed by atoms with Gasteiger partial charge in [0.25, 0.3) is 0 Å². The first-order valence-corrected chi connectivity index (χ1v) is 5.94. The van der Waals surface area contributed by atoms with Gasteiger partial charge in [-0.05, 0) is 31.9 Å². The molecule has 2 N–H and O–H groups in total. The van der Waals surface area contributed by atoms with E-state index in [4.69, 9.17) is 15.0 Å². The molecule has 5 heteroatoms. The normalized spacial score (nSPS) is 10.5. The van der Waals surface area contributed by atoms with Gasteiger partial charge in [0, 0.05) is 0 Å². The maximum Gasteiger partial charge on any atom is 0.346 e. The lowest BCUT2D eigenvalue weighted by molar-refractivity contribution is 0.0472. The Bertz CT molecular complexity index is 598. The molecular weight excluding hydrogens is 244 g/mol. The van der Waals surface area contributed by atoms with E-state index in [0.717, 1.165) is 16.7 Å². The van der Waals surface area contributed by atoms with E-state index in [9.17, 15) is 4.79 Å². The number of carbonyl (C=O) groups is 1. The van der Waals surface area contributed by atoms with Crippen LogP contribution >= 0.6 is 0 Å². The Labute approximate surface area is 111 Å². The number of rotatable bonds is 3. The fraction of sp³-hybridized carbons (Fsp3) is 0.286. The van der Waals surface area contributed by atoms with Crippen LogP contribution in [0, 0.1) is 20.8 Å². The Morgan fingerprint density at radius 3 is 2.74 bits per heavy atom. The fourth-order valence-corrected chi connectivity index (χ4v) is 1.81. The molecule has 1 aromatic carbocycles. The third kappa shape index (κ3) is 2.76. The van der Waals surface area contributed by atoms with Crippen LogP contribution in [0.3, 0.4) is 0 Å². The highest BCUT2D eigenvalue weighted by atomic mass is 16.5. The number of carbonyl (C=O) groups excluding carboxylic acids is 1. The van der Waals surface area contributed by atoms with Crippen molar-refractivity contribution in [3.8, 4) is 0 Å². The molecule has 0 unspecified atom stereocenters. The third-order valence-electron chi connectivity index (χ3n) is 2.96. The van der Waals surface area contributed by atoms with E-state index >= 15 is 0 Å². The van der Waals surface area contributed by atoms with Gasteiger partial charge < -0.3 is 15.0 Å². The molecule has 0 spiro atoms. The van der Waals surface area contributed by atoms with Gasteiger partial charge in [0.05, 0.1) is 5.69 Å². The van der Waals surface area contributed by atoms with Crippen molar-refractivity contribution in [2.45, 2.75) is 27.4 Å². The maximum atomic E-state index is 11.9. The summed E-state index contributed by atoms with van der Waals surface area (Å²) in [5, 5.41) is 3.62. The van der Waals surface area contributed by atoms with Gasteiger partial charge in [-0.3, -0.25) is 0 Å². The summed E-state index contributed by atoms with van der Waals surface area (Å²) in [6.07, 6.45) is 0. The van der Waals surface area contributed by atoms with Gasteiger partial charge in [-0.1, -0.05) is 28.9 Å². The number of nitrogen functional groups attached to an aromatic ring is 1. The summed E-state index contributed by atoms with van der Waals surface area (Å²) in [6.45, 7) is 5.82. The van der Waals surface area contributed by atoms with Crippen molar-refractivity contribution in [2.75, 3.05) is 5.73 Å². The number of hydrogen-bond donors (Lipinski definition) is 1. The smallest absolute Gasteiger partial charge is 0.346 e. The van der Waals surface area contributed by atoms with Crippen LogP contribution in [0.1, 0.15) is 32.7 Å². The largest absolute Gasteiger partial charge is 0.457 e. The van der Waals surface area contributed by atoms with E-state index in [1.807, 2.05) is 32.0 Å². The second-order valence-electron chi connectivity index (χ2n) is 4.51. The van der Waals surface area contributed by atoms with E-state index in [1.165, 1.54) is 0 Å². The first-order valence-electron chi connectivity index (χ1n) is 5.94. The number of hydrogen-bond acceptors (Lipinski definition) is 5. The molecule has 5 nitrogen and oxygen atoms in total. The van der Waals surface area contributed by atoms with Crippen LogP contribution in [0.4, 0.5) is 5.88 Å². The number of esters is 1. The summed E-state index contributed by atoms with van der Waals surface area (Å²) in [4.78, 5) is 11.9. The molecule has 0 saturated carbocycles. The molecule has 0 atom stereocenters. The Morgan fingerprint density at radius 2 is 2.11 bits per heavy atom. The summed E-state index contributed by atoms with van der Waals surface area (Å²) < 4.78 is 9.99. The van der Waals surface area contributed by atoms with Crippen molar-refractivity contribution in [1.82, 2.24) is 5.16 Å². The lowest BCUT2D eigenvalue weighted by Gasteiger charge is -2.08. The Balaban J connectivity index is 2.11. The number of nitrogens with two attached hydrogens (primary N) is 1. The third-order valence-corrected chi connectivity index (χ3v) is 2.96. The molecule has 0 aliphatic heterocycles. The van der Waals surface area contributed by atoms with E-state index in [-0.39, 0.29) is 18.1 Å². The second kappa shape index (κ2) is 5.14. The van der Waals surface area contributed by atoms with Gasteiger partial charge in [0.15, 0.2) is 0 Å². The van der Waals surface area contributed by atoms with Crippen molar-refractivity contribution < 1.29 is 14.1 Å². The summed E-state index contributed by atoms with van der Waals surface area (Å²) in [5.41, 5.74) is 9.34. The molecule has 1 aromatic heterocycles. The van der Waals surface area contributed by atoms with Crippen LogP contribution in [-0.2, 0) is 11.3 Å². The van der Waals surface area contributed by atoms with E-state index in [0.29, 0.717) is 5.69 Å². The van der Waals surface area contributed by atoms with Crippen LogP contribution in [0.2, 0.25) is 0 Å². The Hall–Kier alpha value is -2.30. The standard InChI is InChI=1S/C14H16N2O3/c1-8-4-5-9(2)11(6-8)7-18-14(17)12-10(3)16-19-13(12)15/h4-6H,7,15H2,1-3H3. The van der Waals surface area contributed by atoms with Gasteiger partial charge >= 0.3 is 5.97 Å². The number of anilines is 1. The molecule has 0 aliphatic carbocycles. The van der Waals surface area contributed by atoms with Crippen molar-refractivity contribution >= 4 is 11.9 Å². The average Bonchev–Trinajstić information content (AvgIpc) is 2.70. The molecule has 0 saturated heterocycles. The SMILES string of the molecule is Cc1ccc(C)c(COC(=O)c2c(C)noc2N)c1. The number of benzene rings is 1. The predicted octanol–water partition coefficient (Wildman–Crippen LogP) is 2.54. The zero-order chi connectivity index (χ0) is 14.0. The fourth-order valence-electron chi connectivity index (χ4n) is 1.81. The van der Waals surface area contributed by atoms with Crippen LogP contribution < -0.4 is 5.73 Å². The van der Waals surface area contributed by atoms with Crippen LogP contribution in [0.15, 0.2) is 22.7 Å². The van der Waals surface area contributed by atoms with Crippen molar-refractivity contribution in [2.24, 2.45) is 0 Å². The minimum Gasteiger partial charge on any atom is -0.457 e. The van der Waals surface area contributed by atoms with Crippen molar-refractivity contribution in [3.05, 3.63) is 46.1 Å². The van der Waals surface area contributed by atoms with Gasteiger partial charge in [-0.15, -0.1) is 0 Å². The summed E-state index contributed by atoms with van der Waals surface area (Å²) in [6, 6.07) is 6.01. The molecule has 100 valence electrons.